The van der Waals surface area contributed by atoms with Crippen LogP contribution < -0.4 is 0 Å². The van der Waals surface area contributed by atoms with E-state index in [4.69, 9.17) is 18.9 Å². The van der Waals surface area contributed by atoms with Crippen LogP contribution in [0.25, 0.3) is 0 Å². The standard InChI is InChI=1S/C15H22O6/c1-18-12(16)14(13(17)19-2)9-15(20-7-8-21-15)11-6-4-3-5-10(11)14/h10-11H,3-9H2,1-2H3/t10-,11+/m0/s1. The molecule has 2 aliphatic carbocycles. The number of methoxy groups -OCH3 is 2. The van der Waals surface area contributed by atoms with E-state index in [1.165, 1.54) is 14.2 Å². The Hall–Kier alpha value is -1.14. The van der Waals surface area contributed by atoms with Gasteiger partial charge < -0.3 is 18.9 Å². The summed E-state index contributed by atoms with van der Waals surface area (Å²) in [5.41, 5.74) is -1.29. The predicted molar refractivity (Wildman–Crippen MR) is 71.2 cm³/mol. The maximum Gasteiger partial charge on any atom is 0.323 e. The highest BCUT2D eigenvalue weighted by Gasteiger charge is 2.71. The highest BCUT2D eigenvalue weighted by atomic mass is 16.7. The molecule has 0 aromatic carbocycles. The third-order valence-corrected chi connectivity index (χ3v) is 5.36. The lowest BCUT2D eigenvalue weighted by Crippen LogP contribution is -2.46. The molecular weight excluding hydrogens is 276 g/mol. The van der Waals surface area contributed by atoms with Crippen molar-refractivity contribution in [3.05, 3.63) is 0 Å². The van der Waals surface area contributed by atoms with E-state index in [0.717, 1.165) is 25.7 Å². The Kier molecular flexibility index (Phi) is 3.69. The van der Waals surface area contributed by atoms with E-state index in [-0.39, 0.29) is 18.3 Å². The number of carbonyl (C=O) groups excluding carboxylic acids is 2. The Morgan fingerprint density at radius 2 is 1.48 bits per heavy atom. The lowest BCUT2D eigenvalue weighted by atomic mass is 9.69. The molecule has 6 heteroatoms. The van der Waals surface area contributed by atoms with Gasteiger partial charge in [0.2, 0.25) is 0 Å². The van der Waals surface area contributed by atoms with E-state index in [0.29, 0.717) is 13.2 Å². The van der Waals surface area contributed by atoms with Crippen molar-refractivity contribution in [3.8, 4) is 0 Å². The van der Waals surface area contributed by atoms with Crippen LogP contribution >= 0.6 is 0 Å². The van der Waals surface area contributed by atoms with Crippen LogP contribution in [0.1, 0.15) is 32.1 Å². The summed E-state index contributed by atoms with van der Waals surface area (Å²) < 4.78 is 21.7. The molecule has 21 heavy (non-hydrogen) atoms. The van der Waals surface area contributed by atoms with Crippen molar-refractivity contribution in [3.63, 3.8) is 0 Å². The minimum absolute atomic E-state index is 0.0481. The molecule has 3 rings (SSSR count). The summed E-state index contributed by atoms with van der Waals surface area (Å²) in [7, 11) is 2.62. The molecule has 1 aliphatic heterocycles. The molecule has 1 spiro atoms. The van der Waals surface area contributed by atoms with Gasteiger partial charge in [-0.15, -0.1) is 0 Å². The van der Waals surface area contributed by atoms with Crippen LogP contribution in [0.5, 0.6) is 0 Å². The minimum atomic E-state index is -1.29. The summed E-state index contributed by atoms with van der Waals surface area (Å²) in [6.45, 7) is 1.00. The summed E-state index contributed by atoms with van der Waals surface area (Å²) in [5.74, 6) is -1.96. The van der Waals surface area contributed by atoms with Gasteiger partial charge in [-0.05, 0) is 18.8 Å². The number of hydrogen-bond acceptors (Lipinski definition) is 6. The van der Waals surface area contributed by atoms with Crippen molar-refractivity contribution in [2.45, 2.75) is 37.9 Å². The van der Waals surface area contributed by atoms with Crippen molar-refractivity contribution in [2.24, 2.45) is 17.3 Å². The summed E-state index contributed by atoms with van der Waals surface area (Å²) in [4.78, 5) is 25.0. The highest BCUT2D eigenvalue weighted by Crippen LogP contribution is 2.61. The molecule has 118 valence electrons. The molecule has 3 fully saturated rings. The minimum Gasteiger partial charge on any atom is -0.468 e. The Morgan fingerprint density at radius 3 is 2.00 bits per heavy atom. The van der Waals surface area contributed by atoms with Crippen LogP contribution in [0, 0.1) is 17.3 Å². The first-order valence-electron chi connectivity index (χ1n) is 7.55. The zero-order chi connectivity index (χ0) is 15.1. The molecule has 0 aromatic heterocycles. The van der Waals surface area contributed by atoms with Gasteiger partial charge in [-0.2, -0.15) is 0 Å². The fraction of sp³-hybridized carbons (Fsp3) is 0.867. The average Bonchev–Trinajstić information content (AvgIpc) is 3.11. The topological polar surface area (TPSA) is 71.1 Å². The highest BCUT2D eigenvalue weighted by molar-refractivity contribution is 6.01. The van der Waals surface area contributed by atoms with E-state index >= 15 is 0 Å². The van der Waals surface area contributed by atoms with Gasteiger partial charge in [0.15, 0.2) is 11.2 Å². The van der Waals surface area contributed by atoms with E-state index < -0.39 is 23.1 Å². The second kappa shape index (κ2) is 5.25. The number of esters is 2. The first-order chi connectivity index (χ1) is 10.1. The Labute approximate surface area is 124 Å². The fourth-order valence-electron chi connectivity index (χ4n) is 4.58. The van der Waals surface area contributed by atoms with Crippen molar-refractivity contribution in [2.75, 3.05) is 27.4 Å². The second-order valence-electron chi connectivity index (χ2n) is 6.14. The Morgan fingerprint density at radius 1 is 0.952 bits per heavy atom. The largest absolute Gasteiger partial charge is 0.468 e. The number of fused-ring (bicyclic) bond motifs is 2. The maximum atomic E-state index is 12.5. The first kappa shape index (κ1) is 14.8. The molecule has 0 unspecified atom stereocenters. The van der Waals surface area contributed by atoms with Gasteiger partial charge in [0.05, 0.1) is 27.4 Å². The maximum absolute atomic E-state index is 12.5. The van der Waals surface area contributed by atoms with Gasteiger partial charge in [0, 0.05) is 12.3 Å². The number of carbonyl (C=O) groups is 2. The molecule has 0 aromatic rings. The molecule has 2 atom stereocenters. The molecule has 6 nitrogen and oxygen atoms in total. The molecule has 1 saturated heterocycles. The van der Waals surface area contributed by atoms with E-state index in [1.54, 1.807) is 0 Å². The quantitative estimate of drug-likeness (QED) is 0.565. The predicted octanol–water partition coefficient (Wildman–Crippen LogP) is 1.27. The van der Waals surface area contributed by atoms with Crippen LogP contribution in [-0.4, -0.2) is 45.2 Å². The SMILES string of the molecule is COC(=O)C1(C(=O)OC)CC2(OCCO2)[C@@H]2CCCC[C@@H]21. The Balaban J connectivity index is 2.06. The van der Waals surface area contributed by atoms with E-state index in [1.807, 2.05) is 0 Å². The number of hydrogen-bond donors (Lipinski definition) is 0. The number of ether oxygens (including phenoxy) is 4. The second-order valence-corrected chi connectivity index (χ2v) is 6.14. The lowest BCUT2D eigenvalue weighted by molar-refractivity contribution is -0.195. The molecular formula is C15H22O6. The third-order valence-electron chi connectivity index (χ3n) is 5.36. The zero-order valence-corrected chi connectivity index (χ0v) is 12.6. The number of rotatable bonds is 2. The fourth-order valence-corrected chi connectivity index (χ4v) is 4.58. The van der Waals surface area contributed by atoms with Gasteiger partial charge in [0.25, 0.3) is 0 Å². The van der Waals surface area contributed by atoms with E-state index in [9.17, 15) is 9.59 Å². The molecule has 3 aliphatic rings. The third kappa shape index (κ3) is 1.92. The Bertz CT molecular complexity index is 423. The van der Waals surface area contributed by atoms with E-state index in [2.05, 4.69) is 0 Å². The van der Waals surface area contributed by atoms with Crippen LogP contribution in [0.2, 0.25) is 0 Å². The molecule has 0 amide bonds. The summed E-state index contributed by atoms with van der Waals surface area (Å²) in [5, 5.41) is 0. The van der Waals surface area contributed by atoms with Gasteiger partial charge in [0.1, 0.15) is 0 Å². The van der Waals surface area contributed by atoms with Crippen LogP contribution in [-0.2, 0) is 28.5 Å². The normalized spacial score (nSPS) is 32.7. The summed E-state index contributed by atoms with van der Waals surface area (Å²) >= 11 is 0. The van der Waals surface area contributed by atoms with Crippen LogP contribution in [0.15, 0.2) is 0 Å². The summed E-state index contributed by atoms with van der Waals surface area (Å²) in [6, 6.07) is 0. The molecule has 1 heterocycles. The van der Waals surface area contributed by atoms with Crippen molar-refractivity contribution in [1.29, 1.82) is 0 Å². The average molecular weight is 298 g/mol. The van der Waals surface area contributed by atoms with Gasteiger partial charge in [-0.3, -0.25) is 9.59 Å². The smallest absolute Gasteiger partial charge is 0.323 e. The van der Waals surface area contributed by atoms with Gasteiger partial charge in [-0.1, -0.05) is 12.8 Å². The van der Waals surface area contributed by atoms with Gasteiger partial charge in [-0.25, -0.2) is 0 Å². The van der Waals surface area contributed by atoms with Crippen molar-refractivity contribution < 1.29 is 28.5 Å². The monoisotopic (exact) mass is 298 g/mol. The van der Waals surface area contributed by atoms with Crippen molar-refractivity contribution in [1.82, 2.24) is 0 Å². The molecule has 0 bridgehead atoms. The molecule has 2 saturated carbocycles. The molecule has 0 N–H and O–H groups in total. The van der Waals surface area contributed by atoms with Crippen LogP contribution in [0.4, 0.5) is 0 Å². The van der Waals surface area contributed by atoms with Gasteiger partial charge >= 0.3 is 11.9 Å². The zero-order valence-electron chi connectivity index (χ0n) is 12.6. The van der Waals surface area contributed by atoms with Crippen LogP contribution in [0.3, 0.4) is 0 Å². The molecule has 0 radical (unpaired) electrons. The first-order valence-corrected chi connectivity index (χ1v) is 7.55. The van der Waals surface area contributed by atoms with Crippen molar-refractivity contribution >= 4 is 11.9 Å². The summed E-state index contributed by atoms with van der Waals surface area (Å²) in [6.07, 6.45) is 3.96. The lowest BCUT2D eigenvalue weighted by Gasteiger charge is -2.36.